The topological polar surface area (TPSA) is 176 Å². The van der Waals surface area contributed by atoms with Gasteiger partial charge in [0.1, 0.15) is 11.9 Å². The van der Waals surface area contributed by atoms with E-state index in [1.165, 1.54) is 18.3 Å². The molecule has 0 radical (unpaired) electrons. The van der Waals surface area contributed by atoms with E-state index in [2.05, 4.69) is 45.9 Å². The third-order valence-electron chi connectivity index (χ3n) is 6.10. The van der Waals surface area contributed by atoms with E-state index < -0.39 is 67.2 Å². The molecule has 4 rings (SSSR count). The predicted molar refractivity (Wildman–Crippen MR) is 148 cm³/mol. The SMILES string of the molecule is O=C(CNC(=O)c1cc(NC2=NCC(F)CN2)c2cn[nH]c2c1)N[C@@H](CC(=O)OC(=O)C(F)(F)F)c1cc(Cl)cc(OC(F)(F)F)c1. The van der Waals surface area contributed by atoms with Gasteiger partial charge in [0, 0.05) is 16.0 Å². The molecule has 0 fully saturated rings. The van der Waals surface area contributed by atoms with E-state index in [1.807, 2.05) is 0 Å². The Bertz CT molecular complexity index is 1710. The second kappa shape index (κ2) is 14.1. The van der Waals surface area contributed by atoms with Gasteiger partial charge in [-0.15, -0.1) is 13.2 Å². The van der Waals surface area contributed by atoms with Gasteiger partial charge in [0.05, 0.1) is 49.5 Å². The Morgan fingerprint density at radius 3 is 2.47 bits per heavy atom. The number of benzene rings is 2. The number of aliphatic imine (C=N–C) groups is 1. The van der Waals surface area contributed by atoms with E-state index in [0.717, 1.165) is 12.1 Å². The number of H-pyrrole nitrogens is 1. The first-order valence-electron chi connectivity index (χ1n) is 13.1. The van der Waals surface area contributed by atoms with Crippen LogP contribution in [0.15, 0.2) is 41.5 Å². The van der Waals surface area contributed by atoms with E-state index in [4.69, 9.17) is 11.6 Å². The Kier molecular flexibility index (Phi) is 10.4. The molecule has 0 aliphatic carbocycles. The van der Waals surface area contributed by atoms with Gasteiger partial charge in [0.15, 0.2) is 5.96 Å². The van der Waals surface area contributed by atoms with Crippen LogP contribution in [0.25, 0.3) is 10.9 Å². The summed E-state index contributed by atoms with van der Waals surface area (Å²) < 4.78 is 97.1. The number of aromatic amines is 1. The van der Waals surface area contributed by atoms with Gasteiger partial charge < -0.3 is 30.7 Å². The van der Waals surface area contributed by atoms with Gasteiger partial charge in [-0.05, 0) is 35.9 Å². The van der Waals surface area contributed by atoms with Gasteiger partial charge in [0.2, 0.25) is 5.91 Å². The molecule has 2 amide bonds. The number of nitrogens with zero attached hydrogens (tertiary/aromatic N) is 2. The minimum Gasteiger partial charge on any atom is -0.406 e. The number of esters is 2. The van der Waals surface area contributed by atoms with Crippen molar-refractivity contribution in [1.82, 2.24) is 26.1 Å². The van der Waals surface area contributed by atoms with Gasteiger partial charge in [0.25, 0.3) is 5.91 Å². The molecule has 252 valence electrons. The molecule has 0 saturated heterocycles. The van der Waals surface area contributed by atoms with Gasteiger partial charge in [-0.1, -0.05) is 11.6 Å². The first-order chi connectivity index (χ1) is 22.0. The number of hydrogen-bond acceptors (Lipinski definition) is 10. The zero-order valence-electron chi connectivity index (χ0n) is 23.3. The highest BCUT2D eigenvalue weighted by molar-refractivity contribution is 6.30. The van der Waals surface area contributed by atoms with Crippen LogP contribution in [-0.2, 0) is 19.1 Å². The molecule has 13 nitrogen and oxygen atoms in total. The molecule has 0 saturated carbocycles. The van der Waals surface area contributed by atoms with Crippen molar-refractivity contribution >= 4 is 57.9 Å². The summed E-state index contributed by atoms with van der Waals surface area (Å²) in [6, 6.07) is 3.44. The number of rotatable bonds is 9. The Morgan fingerprint density at radius 2 is 1.81 bits per heavy atom. The Balaban J connectivity index is 1.49. The van der Waals surface area contributed by atoms with Crippen LogP contribution in [0, 0.1) is 0 Å². The average molecular weight is 696 g/mol. The zero-order valence-corrected chi connectivity index (χ0v) is 24.1. The standard InChI is InChI=1S/C26H21ClF7N7O6/c27-13-1-11(2-15(5-13)47-26(32,33)34)17(6-21(43)46-23(45)25(29,30)31)39-20(42)10-35-22(44)12-3-18(16-9-38-41-19(16)4-12)40-24-36-7-14(28)8-37-24/h1-5,9,14,17H,6-8,10H2,(H,35,44)(H,38,41)(H,39,42)(H2,36,37,40)/t17-/m0/s1. The zero-order chi connectivity index (χ0) is 34.5. The first kappa shape index (κ1) is 34.7. The molecule has 21 heteroatoms. The number of anilines is 1. The smallest absolute Gasteiger partial charge is 0.406 e. The number of fused-ring (bicyclic) bond motifs is 1. The van der Waals surface area contributed by atoms with E-state index >= 15 is 0 Å². The van der Waals surface area contributed by atoms with Gasteiger partial charge in [-0.3, -0.25) is 19.5 Å². The van der Waals surface area contributed by atoms with Crippen molar-refractivity contribution in [3.63, 3.8) is 0 Å². The highest BCUT2D eigenvalue weighted by Crippen LogP contribution is 2.31. The monoisotopic (exact) mass is 695 g/mol. The molecule has 1 aliphatic heterocycles. The number of aromatic nitrogens is 2. The van der Waals surface area contributed by atoms with Gasteiger partial charge in [-0.25, -0.2) is 14.2 Å². The summed E-state index contributed by atoms with van der Waals surface area (Å²) in [7, 11) is 0. The second-order valence-corrected chi connectivity index (χ2v) is 10.1. The van der Waals surface area contributed by atoms with Crippen LogP contribution >= 0.6 is 11.6 Å². The number of hydrogen-bond donors (Lipinski definition) is 5. The quantitative estimate of drug-likeness (QED) is 0.128. The number of nitrogens with one attached hydrogen (secondary N) is 5. The lowest BCUT2D eigenvalue weighted by atomic mass is 10.0. The number of halogens is 8. The molecule has 3 aromatic rings. The van der Waals surface area contributed by atoms with Gasteiger partial charge in [-0.2, -0.15) is 18.3 Å². The summed E-state index contributed by atoms with van der Waals surface area (Å²) in [6.07, 6.45) is -11.6. The largest absolute Gasteiger partial charge is 0.573 e. The van der Waals surface area contributed by atoms with Crippen molar-refractivity contribution in [2.75, 3.05) is 25.0 Å². The minimum atomic E-state index is -5.55. The molecule has 1 aromatic heterocycles. The van der Waals surface area contributed by atoms with E-state index in [9.17, 15) is 49.9 Å². The fourth-order valence-corrected chi connectivity index (χ4v) is 4.36. The predicted octanol–water partition coefficient (Wildman–Crippen LogP) is 3.43. The van der Waals surface area contributed by atoms with Crippen molar-refractivity contribution in [3.8, 4) is 5.75 Å². The molecular weight excluding hydrogens is 675 g/mol. The van der Waals surface area contributed by atoms with Crippen LogP contribution in [-0.4, -0.2) is 78.3 Å². The van der Waals surface area contributed by atoms with Crippen LogP contribution in [0.1, 0.15) is 28.4 Å². The molecule has 5 N–H and O–H groups in total. The summed E-state index contributed by atoms with van der Waals surface area (Å²) in [5, 5.41) is 16.8. The van der Waals surface area contributed by atoms with Crippen LogP contribution < -0.4 is 26.0 Å². The lowest BCUT2D eigenvalue weighted by Crippen LogP contribution is -2.41. The highest BCUT2D eigenvalue weighted by atomic mass is 35.5. The Morgan fingerprint density at radius 1 is 1.06 bits per heavy atom. The fourth-order valence-electron chi connectivity index (χ4n) is 4.12. The molecule has 0 spiro atoms. The molecule has 2 heterocycles. The summed E-state index contributed by atoms with van der Waals surface area (Å²) in [5.41, 5.74) is 0.353. The van der Waals surface area contributed by atoms with Crippen molar-refractivity contribution in [1.29, 1.82) is 0 Å². The minimum absolute atomic E-state index is 0.00113. The summed E-state index contributed by atoms with van der Waals surface area (Å²) in [6.45, 7) is -0.907. The maximum absolute atomic E-state index is 13.4. The third-order valence-corrected chi connectivity index (χ3v) is 6.31. The van der Waals surface area contributed by atoms with E-state index in [1.54, 1.807) is 0 Å². The number of ether oxygens (including phenoxy) is 2. The molecule has 1 aliphatic rings. The summed E-state index contributed by atoms with van der Waals surface area (Å²) in [4.78, 5) is 53.0. The highest BCUT2D eigenvalue weighted by Gasteiger charge is 2.42. The number of carbonyl (C=O) groups excluding carboxylic acids is 4. The van der Waals surface area contributed by atoms with Crippen LogP contribution in [0.3, 0.4) is 0 Å². The Hall–Kier alpha value is -5.14. The van der Waals surface area contributed by atoms with Crippen molar-refractivity contribution in [2.45, 2.75) is 31.2 Å². The molecule has 1 unspecified atom stereocenters. The number of alkyl halides is 7. The molecule has 0 bridgehead atoms. The van der Waals surface area contributed by atoms with Crippen LogP contribution in [0.2, 0.25) is 5.02 Å². The van der Waals surface area contributed by atoms with E-state index in [-0.39, 0.29) is 35.2 Å². The molecular formula is C26H21ClF7N7O6. The normalized spacial score (nSPS) is 15.6. The third kappa shape index (κ3) is 9.92. The van der Waals surface area contributed by atoms with Crippen molar-refractivity contribution < 1.29 is 59.4 Å². The summed E-state index contributed by atoms with van der Waals surface area (Å²) in [5.74, 6) is -7.23. The molecule has 2 atom stereocenters. The van der Waals surface area contributed by atoms with Crippen molar-refractivity contribution in [3.05, 3.63) is 52.7 Å². The second-order valence-electron chi connectivity index (χ2n) is 9.68. The average Bonchev–Trinajstić information content (AvgIpc) is 3.44. The van der Waals surface area contributed by atoms with Crippen LogP contribution in [0.4, 0.5) is 36.4 Å². The first-order valence-corrected chi connectivity index (χ1v) is 13.5. The lowest BCUT2D eigenvalue weighted by Gasteiger charge is -2.20. The molecule has 2 aromatic carbocycles. The van der Waals surface area contributed by atoms with Crippen molar-refractivity contribution in [2.24, 2.45) is 4.99 Å². The number of guanidine groups is 1. The number of amides is 2. The van der Waals surface area contributed by atoms with E-state index in [0.29, 0.717) is 22.7 Å². The molecule has 47 heavy (non-hydrogen) atoms. The van der Waals surface area contributed by atoms with Gasteiger partial charge >= 0.3 is 24.5 Å². The fraction of sp³-hybridized carbons (Fsp3) is 0.308. The lowest BCUT2D eigenvalue weighted by molar-refractivity contribution is -0.274. The Labute approximate surface area is 263 Å². The van der Waals surface area contributed by atoms with Crippen LogP contribution in [0.5, 0.6) is 5.75 Å². The summed E-state index contributed by atoms with van der Waals surface area (Å²) >= 11 is 5.85. The maximum atomic E-state index is 13.4. The number of carbonyl (C=O) groups is 4. The maximum Gasteiger partial charge on any atom is 0.573 e.